The zero-order valence-corrected chi connectivity index (χ0v) is 13.6. The first-order valence-electron chi connectivity index (χ1n) is 8.79. The molecule has 0 aromatic rings. The third kappa shape index (κ3) is 4.43. The molecule has 1 N–H and O–H groups in total. The molecule has 3 fully saturated rings. The third-order valence-electron chi connectivity index (χ3n) is 4.98. The fraction of sp³-hybridized carbons (Fsp3) is 0.941. The van der Waals surface area contributed by atoms with Crippen LogP contribution in [0.5, 0.6) is 0 Å². The average Bonchev–Trinajstić information content (AvgIpc) is 3.26. The minimum atomic E-state index is -0.506. The first-order valence-corrected chi connectivity index (χ1v) is 8.79. The fourth-order valence-electron chi connectivity index (χ4n) is 3.06. The highest BCUT2D eigenvalue weighted by molar-refractivity contribution is 5.80. The van der Waals surface area contributed by atoms with Crippen LogP contribution in [-0.2, 0) is 9.53 Å². The van der Waals surface area contributed by atoms with Gasteiger partial charge in [-0.3, -0.25) is 10.1 Å². The Kier molecular flexibility index (Phi) is 4.55. The van der Waals surface area contributed by atoms with Gasteiger partial charge in [0.1, 0.15) is 5.54 Å². The molecule has 4 nitrogen and oxygen atoms in total. The number of carbonyl (C=O) groups excluding carboxylic acids is 1. The topological polar surface area (TPSA) is 41.6 Å². The van der Waals surface area contributed by atoms with Gasteiger partial charge < -0.3 is 9.64 Å². The van der Waals surface area contributed by atoms with E-state index >= 15 is 0 Å². The molecule has 1 atom stereocenters. The molecule has 0 saturated heterocycles. The Morgan fingerprint density at radius 3 is 2.48 bits per heavy atom. The first-order chi connectivity index (χ1) is 10.1. The lowest BCUT2D eigenvalue weighted by molar-refractivity contribution is -0.151. The molecule has 0 spiro atoms. The van der Waals surface area contributed by atoms with Gasteiger partial charge in [-0.15, -0.1) is 0 Å². The van der Waals surface area contributed by atoms with Crippen LogP contribution in [-0.4, -0.2) is 48.2 Å². The van der Waals surface area contributed by atoms with Crippen molar-refractivity contribution in [2.75, 3.05) is 19.7 Å². The van der Waals surface area contributed by atoms with Gasteiger partial charge in [0, 0.05) is 25.2 Å². The summed E-state index contributed by atoms with van der Waals surface area (Å²) in [5.41, 5.74) is -0.506. The largest absolute Gasteiger partial charge is 0.465 e. The summed E-state index contributed by atoms with van der Waals surface area (Å²) in [5.74, 6) is 0.856. The number of hydrogen-bond acceptors (Lipinski definition) is 4. The van der Waals surface area contributed by atoms with Gasteiger partial charge in [0.2, 0.25) is 0 Å². The van der Waals surface area contributed by atoms with E-state index in [9.17, 15) is 4.79 Å². The lowest BCUT2D eigenvalue weighted by atomic mass is 9.97. The van der Waals surface area contributed by atoms with Gasteiger partial charge in [-0.2, -0.15) is 0 Å². The Bertz CT molecular complexity index is 375. The van der Waals surface area contributed by atoms with Crippen LogP contribution in [0.25, 0.3) is 0 Å². The number of hydrogen-bond donors (Lipinski definition) is 1. The molecule has 3 rings (SSSR count). The van der Waals surface area contributed by atoms with Crippen molar-refractivity contribution in [3.05, 3.63) is 0 Å². The number of nitrogens with one attached hydrogen (secondary N) is 1. The highest BCUT2D eigenvalue weighted by Gasteiger charge is 2.41. The summed E-state index contributed by atoms with van der Waals surface area (Å²) in [4.78, 5) is 15.0. The molecule has 3 aliphatic carbocycles. The van der Waals surface area contributed by atoms with Crippen molar-refractivity contribution in [2.24, 2.45) is 5.92 Å². The van der Waals surface area contributed by atoms with Crippen LogP contribution >= 0.6 is 0 Å². The molecule has 0 aromatic carbocycles. The lowest BCUT2D eigenvalue weighted by Crippen LogP contribution is -2.53. The van der Waals surface area contributed by atoms with E-state index in [4.69, 9.17) is 4.74 Å². The van der Waals surface area contributed by atoms with Gasteiger partial charge in [0.25, 0.3) is 0 Å². The second-order valence-electron chi connectivity index (χ2n) is 7.39. The molecule has 3 saturated carbocycles. The molecular weight excluding hydrogens is 264 g/mol. The second-order valence-corrected chi connectivity index (χ2v) is 7.39. The summed E-state index contributed by atoms with van der Waals surface area (Å²) < 4.78 is 5.32. The number of carbonyl (C=O) groups is 1. The van der Waals surface area contributed by atoms with E-state index in [1.54, 1.807) is 0 Å². The van der Waals surface area contributed by atoms with Crippen molar-refractivity contribution in [3.63, 3.8) is 0 Å². The minimum absolute atomic E-state index is 0.0703. The third-order valence-corrected chi connectivity index (χ3v) is 4.98. The molecule has 0 radical (unpaired) electrons. The average molecular weight is 294 g/mol. The normalized spacial score (nSPS) is 24.9. The predicted molar refractivity (Wildman–Crippen MR) is 83.1 cm³/mol. The molecule has 0 amide bonds. The van der Waals surface area contributed by atoms with Crippen LogP contribution in [0.1, 0.15) is 58.8 Å². The van der Waals surface area contributed by atoms with E-state index in [1.807, 2.05) is 13.8 Å². The van der Waals surface area contributed by atoms with Crippen LogP contribution < -0.4 is 5.32 Å². The Morgan fingerprint density at radius 1 is 1.24 bits per heavy atom. The number of nitrogens with zero attached hydrogens (tertiary/aromatic N) is 1. The van der Waals surface area contributed by atoms with E-state index in [0.717, 1.165) is 24.9 Å². The summed E-state index contributed by atoms with van der Waals surface area (Å²) in [6, 6.07) is 1.31. The van der Waals surface area contributed by atoms with Crippen LogP contribution in [0.15, 0.2) is 0 Å². The monoisotopic (exact) mass is 294 g/mol. The molecule has 21 heavy (non-hydrogen) atoms. The van der Waals surface area contributed by atoms with E-state index in [0.29, 0.717) is 12.6 Å². The Hall–Kier alpha value is -0.610. The second kappa shape index (κ2) is 6.25. The zero-order chi connectivity index (χ0) is 14.9. The Labute approximate surface area is 128 Å². The molecule has 0 bridgehead atoms. The SMILES string of the molecule is CCOC(=O)C(C)(CCN(CC1CC1)C1CC1)NC1CC1. The highest BCUT2D eigenvalue weighted by Crippen LogP contribution is 2.35. The van der Waals surface area contributed by atoms with Crippen molar-refractivity contribution in [1.29, 1.82) is 0 Å². The first kappa shape index (κ1) is 15.3. The highest BCUT2D eigenvalue weighted by atomic mass is 16.5. The van der Waals surface area contributed by atoms with E-state index in [-0.39, 0.29) is 5.97 Å². The number of rotatable bonds is 10. The summed E-state index contributed by atoms with van der Waals surface area (Å²) in [5, 5.41) is 3.53. The van der Waals surface area contributed by atoms with E-state index in [2.05, 4.69) is 10.2 Å². The minimum Gasteiger partial charge on any atom is -0.465 e. The van der Waals surface area contributed by atoms with Crippen LogP contribution in [0.4, 0.5) is 0 Å². The van der Waals surface area contributed by atoms with Gasteiger partial charge >= 0.3 is 5.97 Å². The van der Waals surface area contributed by atoms with Crippen LogP contribution in [0, 0.1) is 5.92 Å². The number of ether oxygens (including phenoxy) is 1. The zero-order valence-electron chi connectivity index (χ0n) is 13.6. The summed E-state index contributed by atoms with van der Waals surface area (Å²) in [6.07, 6.45) is 8.76. The van der Waals surface area contributed by atoms with Crippen molar-refractivity contribution in [3.8, 4) is 0 Å². The Balaban J connectivity index is 1.55. The van der Waals surface area contributed by atoms with Crippen molar-refractivity contribution < 1.29 is 9.53 Å². The van der Waals surface area contributed by atoms with E-state index in [1.165, 1.54) is 45.1 Å². The van der Waals surface area contributed by atoms with Gasteiger partial charge in [-0.25, -0.2) is 0 Å². The molecule has 3 aliphatic rings. The van der Waals surface area contributed by atoms with Gasteiger partial charge in [-0.05, 0) is 64.7 Å². The molecule has 0 aromatic heterocycles. The molecule has 120 valence electrons. The molecule has 0 heterocycles. The maximum atomic E-state index is 12.4. The predicted octanol–water partition coefficient (Wildman–Crippen LogP) is 2.32. The maximum absolute atomic E-state index is 12.4. The molecule has 4 heteroatoms. The quantitative estimate of drug-likeness (QED) is 0.628. The summed E-state index contributed by atoms with van der Waals surface area (Å²) in [7, 11) is 0. The van der Waals surface area contributed by atoms with Crippen molar-refractivity contribution >= 4 is 5.97 Å². The van der Waals surface area contributed by atoms with Crippen LogP contribution in [0.2, 0.25) is 0 Å². The standard InChI is InChI=1S/C17H30N2O2/c1-3-21-16(20)17(2,18-14-6-7-14)10-11-19(15-8-9-15)12-13-4-5-13/h13-15,18H,3-12H2,1-2H3. The molecular formula is C17H30N2O2. The molecule has 1 unspecified atom stereocenters. The summed E-state index contributed by atoms with van der Waals surface area (Å²) in [6.45, 7) is 6.66. The number of esters is 1. The lowest BCUT2D eigenvalue weighted by Gasteiger charge is -2.32. The van der Waals surface area contributed by atoms with E-state index < -0.39 is 5.54 Å². The van der Waals surface area contributed by atoms with Crippen molar-refractivity contribution in [2.45, 2.75) is 76.4 Å². The summed E-state index contributed by atoms with van der Waals surface area (Å²) >= 11 is 0. The Morgan fingerprint density at radius 2 is 1.95 bits per heavy atom. The van der Waals surface area contributed by atoms with Crippen LogP contribution in [0.3, 0.4) is 0 Å². The fourth-order valence-corrected chi connectivity index (χ4v) is 3.06. The maximum Gasteiger partial charge on any atom is 0.326 e. The van der Waals surface area contributed by atoms with Crippen molar-refractivity contribution in [1.82, 2.24) is 10.2 Å². The van der Waals surface area contributed by atoms with Gasteiger partial charge in [-0.1, -0.05) is 0 Å². The molecule has 0 aliphatic heterocycles. The van der Waals surface area contributed by atoms with Gasteiger partial charge in [0.15, 0.2) is 0 Å². The van der Waals surface area contributed by atoms with Gasteiger partial charge in [0.05, 0.1) is 6.61 Å². The smallest absolute Gasteiger partial charge is 0.326 e.